The molecule has 0 saturated carbocycles. The zero-order valence-electron chi connectivity index (χ0n) is 24.5. The van der Waals surface area contributed by atoms with E-state index in [9.17, 15) is 0 Å². The van der Waals surface area contributed by atoms with Crippen LogP contribution in [0.3, 0.4) is 0 Å². The van der Waals surface area contributed by atoms with E-state index in [1.807, 2.05) is 0 Å². The summed E-state index contributed by atoms with van der Waals surface area (Å²) >= 11 is 0. The second-order valence-electron chi connectivity index (χ2n) is 11.2. The summed E-state index contributed by atoms with van der Waals surface area (Å²) < 4.78 is 4.84. The first-order valence-electron chi connectivity index (χ1n) is 15.4. The summed E-state index contributed by atoms with van der Waals surface area (Å²) in [5.41, 5.74) is 9.61. The second-order valence-corrected chi connectivity index (χ2v) is 11.2. The molecule has 2 N–H and O–H groups in total. The van der Waals surface area contributed by atoms with Crippen LogP contribution >= 0.6 is 0 Å². The third-order valence-corrected chi connectivity index (χ3v) is 8.44. The predicted molar refractivity (Wildman–Crippen MR) is 182 cm³/mol. The lowest BCUT2D eigenvalue weighted by atomic mass is 10.1. The van der Waals surface area contributed by atoms with Crippen molar-refractivity contribution in [1.82, 2.24) is 9.13 Å². The average Bonchev–Trinajstić information content (AvgIpc) is 3.53. The van der Waals surface area contributed by atoms with Gasteiger partial charge in [-0.1, -0.05) is 63.1 Å². The molecule has 4 heteroatoms. The number of anilines is 2. The monoisotopic (exact) mass is 550 g/mol. The first kappa shape index (κ1) is 26.2. The van der Waals surface area contributed by atoms with Gasteiger partial charge in [0.25, 0.3) is 0 Å². The van der Waals surface area contributed by atoms with Gasteiger partial charge in [0.2, 0.25) is 0 Å². The van der Waals surface area contributed by atoms with Crippen LogP contribution in [0, 0.1) is 0 Å². The van der Waals surface area contributed by atoms with E-state index in [4.69, 9.17) is 0 Å². The Kier molecular flexibility index (Phi) is 7.05. The number of para-hydroxylation sites is 2. The van der Waals surface area contributed by atoms with Gasteiger partial charge in [0.05, 0.1) is 22.1 Å². The van der Waals surface area contributed by atoms with Crippen LogP contribution in [0.1, 0.15) is 39.5 Å². The van der Waals surface area contributed by atoms with E-state index < -0.39 is 0 Å². The molecule has 0 saturated heterocycles. The molecule has 0 aliphatic heterocycles. The molecule has 0 unspecified atom stereocenters. The molecule has 2 heterocycles. The number of nitrogens with one attached hydrogen (secondary N) is 2. The number of nitrogens with zero attached hydrogens (tertiary/aromatic N) is 2. The Bertz CT molecular complexity index is 1840. The average molecular weight is 551 g/mol. The molecule has 7 aromatic rings. The molecule has 0 amide bonds. The van der Waals surface area contributed by atoms with Crippen LogP contribution in [0.25, 0.3) is 55.0 Å². The van der Waals surface area contributed by atoms with E-state index >= 15 is 0 Å². The van der Waals surface area contributed by atoms with Crippen molar-refractivity contribution in [3.8, 4) is 11.4 Å². The quantitative estimate of drug-likeness (QED) is 0.166. The lowest BCUT2D eigenvalue weighted by Crippen LogP contribution is -2.01. The van der Waals surface area contributed by atoms with Gasteiger partial charge >= 0.3 is 0 Å². The number of rotatable bonds is 10. The Balaban J connectivity index is 1.41. The molecule has 42 heavy (non-hydrogen) atoms. The lowest BCUT2D eigenvalue weighted by molar-refractivity contribution is 0.834. The molecule has 2 aromatic heterocycles. The van der Waals surface area contributed by atoms with Crippen molar-refractivity contribution < 1.29 is 0 Å². The van der Waals surface area contributed by atoms with Crippen LogP contribution in [0.2, 0.25) is 0 Å². The molecule has 0 aliphatic carbocycles. The van der Waals surface area contributed by atoms with Crippen molar-refractivity contribution in [2.24, 2.45) is 0 Å². The Morgan fingerprint density at radius 1 is 0.452 bits per heavy atom. The van der Waals surface area contributed by atoms with Crippen molar-refractivity contribution in [2.75, 3.05) is 23.7 Å². The van der Waals surface area contributed by atoms with Gasteiger partial charge < -0.3 is 19.8 Å². The highest BCUT2D eigenvalue weighted by atomic mass is 15.0. The molecule has 7 rings (SSSR count). The van der Waals surface area contributed by atoms with Gasteiger partial charge in [-0.05, 0) is 85.6 Å². The lowest BCUT2D eigenvalue weighted by Gasteiger charge is -2.11. The van der Waals surface area contributed by atoms with E-state index in [-0.39, 0.29) is 0 Å². The van der Waals surface area contributed by atoms with E-state index in [1.54, 1.807) is 0 Å². The molecular weight excluding hydrogens is 512 g/mol. The summed E-state index contributed by atoms with van der Waals surface area (Å²) in [5.74, 6) is 0. The second kappa shape index (κ2) is 11.3. The molecular formula is C38H38N4. The molecule has 0 atom stereocenters. The van der Waals surface area contributed by atoms with E-state index in [1.165, 1.54) is 92.0 Å². The molecule has 0 bridgehead atoms. The van der Waals surface area contributed by atoms with Gasteiger partial charge in [-0.3, -0.25) is 0 Å². The summed E-state index contributed by atoms with van der Waals surface area (Å²) in [6.07, 6.45) is 4.74. The van der Waals surface area contributed by atoms with Gasteiger partial charge in [-0.25, -0.2) is 0 Å². The number of unbranched alkanes of at least 4 members (excludes halogenated alkanes) is 2. The number of hydrogen-bond donors (Lipinski definition) is 2. The Labute approximate surface area is 247 Å². The predicted octanol–water partition coefficient (Wildman–Crippen LogP) is 10.3. The van der Waals surface area contributed by atoms with Crippen molar-refractivity contribution in [1.29, 1.82) is 0 Å². The van der Waals surface area contributed by atoms with Gasteiger partial charge in [0.15, 0.2) is 0 Å². The Morgan fingerprint density at radius 2 is 0.857 bits per heavy atom. The van der Waals surface area contributed by atoms with E-state index in [0.717, 1.165) is 13.1 Å². The van der Waals surface area contributed by atoms with Crippen LogP contribution < -0.4 is 10.6 Å². The van der Waals surface area contributed by atoms with E-state index in [2.05, 4.69) is 143 Å². The minimum Gasteiger partial charge on any atom is -0.385 e. The third-order valence-electron chi connectivity index (χ3n) is 8.44. The largest absolute Gasteiger partial charge is 0.385 e. The maximum Gasteiger partial charge on any atom is 0.0548 e. The highest BCUT2D eigenvalue weighted by Gasteiger charge is 2.18. The molecule has 0 aliphatic rings. The number of hydrogen-bond acceptors (Lipinski definition) is 2. The topological polar surface area (TPSA) is 33.9 Å². The van der Waals surface area contributed by atoms with Gasteiger partial charge in [-0.2, -0.15) is 0 Å². The molecule has 4 nitrogen and oxygen atoms in total. The Hall–Kier alpha value is -4.70. The minimum absolute atomic E-state index is 1.01. The summed E-state index contributed by atoms with van der Waals surface area (Å²) in [5, 5.41) is 12.2. The maximum absolute atomic E-state index is 3.56. The smallest absolute Gasteiger partial charge is 0.0548 e. The van der Waals surface area contributed by atoms with Crippen LogP contribution in [-0.4, -0.2) is 22.2 Å². The van der Waals surface area contributed by atoms with Crippen LogP contribution in [0.4, 0.5) is 11.4 Å². The molecule has 0 fully saturated rings. The highest BCUT2D eigenvalue weighted by Crippen LogP contribution is 2.39. The maximum atomic E-state index is 3.56. The van der Waals surface area contributed by atoms with Crippen molar-refractivity contribution in [2.45, 2.75) is 39.5 Å². The summed E-state index contributed by atoms with van der Waals surface area (Å²) in [6.45, 7) is 6.46. The fourth-order valence-electron chi connectivity index (χ4n) is 6.26. The fraction of sp³-hybridized carbons (Fsp3) is 0.211. The summed E-state index contributed by atoms with van der Waals surface area (Å²) in [4.78, 5) is 0. The van der Waals surface area contributed by atoms with Crippen LogP contribution in [-0.2, 0) is 0 Å². The fourth-order valence-corrected chi connectivity index (χ4v) is 6.26. The first-order valence-corrected chi connectivity index (χ1v) is 15.4. The Morgan fingerprint density at radius 3 is 1.26 bits per heavy atom. The first-order chi connectivity index (χ1) is 20.8. The number of benzene rings is 5. The van der Waals surface area contributed by atoms with Crippen molar-refractivity contribution >= 4 is 55.0 Å². The van der Waals surface area contributed by atoms with Crippen molar-refractivity contribution in [3.05, 3.63) is 109 Å². The summed E-state index contributed by atoms with van der Waals surface area (Å²) in [7, 11) is 0. The number of fused-ring (bicyclic) bond motifs is 6. The van der Waals surface area contributed by atoms with Crippen molar-refractivity contribution in [3.63, 3.8) is 0 Å². The molecule has 0 radical (unpaired) electrons. The zero-order chi connectivity index (χ0) is 28.5. The van der Waals surface area contributed by atoms with Gasteiger partial charge in [-0.15, -0.1) is 0 Å². The minimum atomic E-state index is 1.01. The summed E-state index contributed by atoms with van der Waals surface area (Å²) in [6, 6.07) is 40.2. The number of aromatic nitrogens is 2. The molecule has 210 valence electrons. The molecule has 0 spiro atoms. The third kappa shape index (κ3) is 4.57. The highest BCUT2D eigenvalue weighted by molar-refractivity contribution is 6.19. The van der Waals surface area contributed by atoms with Gasteiger partial charge in [0.1, 0.15) is 0 Å². The SMILES string of the molecule is CCCCNc1ccc(-n2c3ccccc3c3cc4c(cc32)c2ccccc2n4-c2ccc(NCCCC)cc2)cc1. The van der Waals surface area contributed by atoms with E-state index in [0.29, 0.717) is 0 Å². The normalized spacial score (nSPS) is 11.7. The molecule has 5 aromatic carbocycles. The van der Waals surface area contributed by atoms with Gasteiger partial charge in [0, 0.05) is 57.4 Å². The standard InChI is InChI=1S/C38H38N4/c1-3-5-23-39-27-15-19-29(20-16-27)41-35-13-9-7-11-31(35)33-26-38-34(25-37(33)41)32-12-8-10-14-36(32)42(38)30-21-17-28(18-22-30)40-24-6-4-2/h7-22,25-26,39-40H,3-6,23-24H2,1-2H3. The van der Waals surface area contributed by atoms with Crippen LogP contribution in [0.15, 0.2) is 109 Å². The zero-order valence-corrected chi connectivity index (χ0v) is 24.5. The van der Waals surface area contributed by atoms with Crippen LogP contribution in [0.5, 0.6) is 0 Å².